The first-order valence-electron chi connectivity index (χ1n) is 36.9. The number of likely N-dealkylation sites (N-methyl/N-ethyl adjacent to an activating group) is 2. The molecule has 2 fully saturated rings. The number of hydrogen-bond donors (Lipinski definition) is 16. The topological polar surface area (TPSA) is 522 Å². The van der Waals surface area contributed by atoms with E-state index in [0.29, 0.717) is 16.7 Å². The first-order chi connectivity index (χ1) is 53.5. The zero-order valence-electron chi connectivity index (χ0n) is 64.3. The van der Waals surface area contributed by atoms with Gasteiger partial charge in [-0.25, -0.2) is 0 Å². The summed E-state index contributed by atoms with van der Waals surface area (Å²) < 4.78 is 0. The lowest BCUT2D eigenvalue weighted by molar-refractivity contribution is -0.145. The van der Waals surface area contributed by atoms with Crippen LogP contribution in [0, 0.1) is 5.92 Å². The summed E-state index contributed by atoms with van der Waals surface area (Å²) in [5.41, 5.74) is 8.51. The summed E-state index contributed by atoms with van der Waals surface area (Å²) in [6.07, 6.45) is -5.15. The molecular weight excluding hydrogens is 1490 g/mol. The molecule has 2 aliphatic heterocycles. The number of carbonyl (C=O) groups excluding carboxylic acids is 15. The number of aliphatic hydroxyl groups excluding tert-OH is 3. The summed E-state index contributed by atoms with van der Waals surface area (Å²) in [6, 6.07) is 12.1. The highest BCUT2D eigenvalue weighted by Gasteiger charge is 2.42. The van der Waals surface area contributed by atoms with E-state index in [1.54, 1.807) is 84.9 Å². The van der Waals surface area contributed by atoms with Gasteiger partial charge in [-0.1, -0.05) is 129 Å². The van der Waals surface area contributed by atoms with Crippen LogP contribution in [-0.4, -0.2) is 266 Å². The number of carboxylic acid groups (broad SMARTS) is 1. The monoisotopic (exact) mass is 1590 g/mol. The third-order valence-electron chi connectivity index (χ3n) is 19.2. The molecule has 36 heteroatoms. The van der Waals surface area contributed by atoms with Gasteiger partial charge in [0.05, 0.1) is 31.1 Å². The van der Waals surface area contributed by atoms with Crippen LogP contribution in [0.25, 0.3) is 11.1 Å². The number of rotatable bonds is 17. The SMILES string of the molecule is CC(C)C1NC(=O)[C@H](Cc2ccccc2)NC(=O)CSC[C@@H](C(=O)NCC(N)=O)NC(=O)[C@@H]2CCCN2C(=O)[C@H](C)NC(=O)[C@H](CCC(=O)O)NC(=O)[C@H](C)N(C)C(=O)[C@H](Cc2ccc(-c3ccccc3)cc2)NC(=O)[C@H](C)N(C)C(=O)[C@H](Cc2ccccc2)NC(=O)[C@H]([C@@H](C)O)NC(=O)[C@H]([C@@H](C)O)NC(=O)[C@H](CO)NC1=O. The van der Waals surface area contributed by atoms with E-state index in [1.807, 2.05) is 30.3 Å². The zero-order chi connectivity index (χ0) is 83.5. The predicted molar refractivity (Wildman–Crippen MR) is 412 cm³/mol. The van der Waals surface area contributed by atoms with Crippen molar-refractivity contribution in [2.24, 2.45) is 11.7 Å². The van der Waals surface area contributed by atoms with E-state index in [-0.39, 0.29) is 44.4 Å². The van der Waals surface area contributed by atoms with E-state index in [4.69, 9.17) is 5.73 Å². The maximum Gasteiger partial charge on any atom is 0.303 e. The molecule has 35 nitrogen and oxygen atoms in total. The minimum absolute atomic E-state index is 0.0380. The molecule has 4 aromatic rings. The number of amides is 15. The molecule has 2 aliphatic rings. The Morgan fingerprint density at radius 1 is 0.504 bits per heavy atom. The van der Waals surface area contributed by atoms with E-state index >= 15 is 0 Å². The number of aliphatic hydroxyl groups is 3. The lowest BCUT2D eigenvalue weighted by atomic mass is 9.99. The number of thioether (sulfide) groups is 1. The Hall–Kier alpha value is -11.4. The van der Waals surface area contributed by atoms with Crippen LogP contribution < -0.4 is 64.2 Å². The number of nitrogens with two attached hydrogens (primary N) is 1. The molecule has 0 saturated carbocycles. The zero-order valence-corrected chi connectivity index (χ0v) is 65.2. The minimum Gasteiger partial charge on any atom is -0.481 e. The van der Waals surface area contributed by atoms with Crippen LogP contribution in [0.5, 0.6) is 0 Å². The molecule has 6 rings (SSSR count). The Labute approximate surface area is 657 Å². The van der Waals surface area contributed by atoms with Crippen molar-refractivity contribution in [1.29, 1.82) is 0 Å². The number of fused-ring (bicyclic) bond motifs is 1. The van der Waals surface area contributed by atoms with Crippen LogP contribution in [0.1, 0.15) is 90.8 Å². The molecule has 0 aromatic heterocycles. The highest BCUT2D eigenvalue weighted by Crippen LogP contribution is 2.23. The van der Waals surface area contributed by atoms with Gasteiger partial charge in [-0.2, -0.15) is 0 Å². The number of carbonyl (C=O) groups is 16. The second kappa shape index (κ2) is 43.4. The van der Waals surface area contributed by atoms with Crippen molar-refractivity contribution >= 4 is 106 Å². The molecule has 15 amide bonds. The maximum atomic E-state index is 15.0. The molecular formula is C77H103N15O20S. The van der Waals surface area contributed by atoms with Gasteiger partial charge in [0, 0.05) is 52.1 Å². The van der Waals surface area contributed by atoms with Crippen LogP contribution in [0.2, 0.25) is 0 Å². The summed E-state index contributed by atoms with van der Waals surface area (Å²) in [4.78, 5) is 228. The fourth-order valence-electron chi connectivity index (χ4n) is 12.3. The number of benzene rings is 4. The van der Waals surface area contributed by atoms with Gasteiger partial charge in [-0.05, 0) is 87.6 Å². The van der Waals surface area contributed by atoms with Crippen molar-refractivity contribution < 1.29 is 97.1 Å². The second-order valence-electron chi connectivity index (χ2n) is 28.2. The highest BCUT2D eigenvalue weighted by molar-refractivity contribution is 8.00. The Bertz CT molecular complexity index is 4030. The Morgan fingerprint density at radius 3 is 1.44 bits per heavy atom. The van der Waals surface area contributed by atoms with Crippen LogP contribution >= 0.6 is 11.8 Å². The van der Waals surface area contributed by atoms with E-state index in [1.165, 1.54) is 48.7 Å². The smallest absolute Gasteiger partial charge is 0.303 e. The standard InChI is InChI=1S/C77H103N15O20S/c1-41(2)62-72(107)85-56(38-93)70(105)88-64(46(7)95)74(109)89-63(45(6)94)73(108)84-55(35-48-22-15-11-16-23-48)77(112)91(9)44(5)66(101)83-54(36-49-27-29-51(30-28-49)50-24-17-12-18-25-50)76(111)90(8)43(4)65(100)82-52(31-32-61(98)99)68(103)80-42(3)75(110)92-33-19-26-58(92)71(106)86-57(67(102)79-37-59(78)96)39-113-40-60(97)81-53(69(104)87-62)34-47-20-13-10-14-21-47/h10-18,20-25,27-30,41-46,52-58,62-64,93-95H,19,26,31-40H2,1-9H3,(H2,78,96)(H,79,102)(H,80,103)(H,81,97)(H,82,100)(H,83,101)(H,84,108)(H,85,107)(H,86,106)(H,87,104)(H,88,105)(H,89,109)(H,98,99)/t42-,43-,44-,45+,46+,52-,53-,54-,55-,56-,57-,58-,62?,63-,64-/m0/s1. The third kappa shape index (κ3) is 26.9. The van der Waals surface area contributed by atoms with E-state index in [9.17, 15) is 97.1 Å². The molecule has 2 heterocycles. The lowest BCUT2D eigenvalue weighted by Crippen LogP contribution is -2.64. The van der Waals surface area contributed by atoms with Gasteiger partial charge in [0.2, 0.25) is 88.6 Å². The summed E-state index contributed by atoms with van der Waals surface area (Å²) in [6.45, 7) is 7.28. The molecule has 2 saturated heterocycles. The molecule has 0 radical (unpaired) electrons. The first-order valence-corrected chi connectivity index (χ1v) is 38.1. The van der Waals surface area contributed by atoms with Gasteiger partial charge in [0.15, 0.2) is 0 Å². The first kappa shape index (κ1) is 90.5. The molecule has 4 aromatic carbocycles. The van der Waals surface area contributed by atoms with Gasteiger partial charge >= 0.3 is 5.97 Å². The molecule has 113 heavy (non-hydrogen) atoms. The molecule has 1 unspecified atom stereocenters. The Kier molecular flexibility index (Phi) is 34.8. The van der Waals surface area contributed by atoms with E-state index < -0.39 is 223 Å². The number of aliphatic carboxylic acids is 1. The fourth-order valence-corrected chi connectivity index (χ4v) is 13.2. The predicted octanol–water partition coefficient (Wildman–Crippen LogP) is -3.44. The average molecular weight is 1590 g/mol. The van der Waals surface area contributed by atoms with Crippen molar-refractivity contribution in [2.75, 3.05) is 45.3 Å². The molecule has 17 N–H and O–H groups in total. The van der Waals surface area contributed by atoms with E-state index in [0.717, 1.165) is 51.4 Å². The maximum absolute atomic E-state index is 15.0. The quantitative estimate of drug-likeness (QED) is 0.0489. The van der Waals surface area contributed by atoms with Crippen LogP contribution in [0.15, 0.2) is 115 Å². The molecule has 0 spiro atoms. The molecule has 0 bridgehead atoms. The van der Waals surface area contributed by atoms with Gasteiger partial charge in [-0.3, -0.25) is 76.7 Å². The van der Waals surface area contributed by atoms with Gasteiger partial charge < -0.3 is 99.3 Å². The number of hydrogen-bond acceptors (Lipinski definition) is 20. The second-order valence-corrected chi connectivity index (χ2v) is 29.3. The minimum atomic E-state index is -1.99. The van der Waals surface area contributed by atoms with Crippen LogP contribution in [0.3, 0.4) is 0 Å². The molecule has 15 atom stereocenters. The van der Waals surface area contributed by atoms with Gasteiger partial charge in [0.1, 0.15) is 78.5 Å². The normalized spacial score (nSPS) is 25.5. The van der Waals surface area contributed by atoms with Crippen molar-refractivity contribution in [3.63, 3.8) is 0 Å². The van der Waals surface area contributed by atoms with E-state index in [2.05, 4.69) is 58.5 Å². The number of nitrogens with zero attached hydrogens (tertiary/aromatic N) is 3. The Morgan fingerprint density at radius 2 is 0.938 bits per heavy atom. The number of primary amides is 1. The number of carboxylic acids is 1. The van der Waals surface area contributed by atoms with Crippen molar-refractivity contribution in [1.82, 2.24) is 73.2 Å². The summed E-state index contributed by atoms with van der Waals surface area (Å²) in [7, 11) is 2.46. The van der Waals surface area contributed by atoms with Crippen molar-refractivity contribution in [3.8, 4) is 11.1 Å². The van der Waals surface area contributed by atoms with Crippen LogP contribution in [-0.2, 0) is 96.0 Å². The Balaban J connectivity index is 1.37. The largest absolute Gasteiger partial charge is 0.481 e. The fraction of sp³-hybridized carbons (Fsp3) is 0.481. The van der Waals surface area contributed by atoms with Crippen LogP contribution in [0.4, 0.5) is 0 Å². The summed E-state index contributed by atoms with van der Waals surface area (Å²) in [5, 5.41) is 69.7. The van der Waals surface area contributed by atoms with Gasteiger partial charge in [-0.15, -0.1) is 11.8 Å². The molecule has 612 valence electrons. The van der Waals surface area contributed by atoms with Gasteiger partial charge in [0.25, 0.3) is 0 Å². The summed E-state index contributed by atoms with van der Waals surface area (Å²) >= 11 is 0.796. The lowest BCUT2D eigenvalue weighted by Gasteiger charge is -2.33. The third-order valence-corrected chi connectivity index (χ3v) is 20.2. The molecule has 0 aliphatic carbocycles. The summed E-state index contributed by atoms with van der Waals surface area (Å²) in [5.74, 6) is -17.8. The van der Waals surface area contributed by atoms with Crippen molar-refractivity contribution in [2.45, 2.75) is 184 Å². The number of nitrogens with one attached hydrogen (secondary N) is 11. The highest BCUT2D eigenvalue weighted by atomic mass is 32.2. The van der Waals surface area contributed by atoms with Crippen molar-refractivity contribution in [3.05, 3.63) is 132 Å². The average Bonchev–Trinajstić information content (AvgIpc) is 1.71.